The molecule has 2 rings (SSSR count). The molecule has 1 atom stereocenters. The van der Waals surface area contributed by atoms with Gasteiger partial charge in [-0.25, -0.2) is 0 Å². The summed E-state index contributed by atoms with van der Waals surface area (Å²) < 4.78 is 5.06. The van der Waals surface area contributed by atoms with Crippen LogP contribution in [0.25, 0.3) is 10.8 Å². The lowest BCUT2D eigenvalue weighted by Crippen LogP contribution is -2.38. The number of hydrogen-bond donors (Lipinski definition) is 1. The summed E-state index contributed by atoms with van der Waals surface area (Å²) in [4.78, 5) is 47.4. The first-order chi connectivity index (χ1) is 12.7. The average molecular weight is 370 g/mol. The van der Waals surface area contributed by atoms with Gasteiger partial charge in [0, 0.05) is 12.6 Å². The van der Waals surface area contributed by atoms with E-state index in [1.54, 1.807) is 25.1 Å². The number of primary amides is 1. The third-order valence-corrected chi connectivity index (χ3v) is 4.28. The van der Waals surface area contributed by atoms with Crippen LogP contribution in [0.4, 0.5) is 0 Å². The average Bonchev–Trinajstić information content (AvgIpc) is 2.63. The van der Waals surface area contributed by atoms with Crippen LogP contribution in [-0.2, 0) is 19.1 Å². The van der Waals surface area contributed by atoms with Gasteiger partial charge in [-0.15, -0.1) is 0 Å². The van der Waals surface area contributed by atoms with Crippen LogP contribution in [0.1, 0.15) is 35.7 Å². The summed E-state index contributed by atoms with van der Waals surface area (Å²) in [5, 5.41) is 1.80. The van der Waals surface area contributed by atoms with Crippen molar-refractivity contribution in [2.75, 3.05) is 20.2 Å². The predicted molar refractivity (Wildman–Crippen MR) is 100 cm³/mol. The number of nitrogens with zero attached hydrogens (tertiary/aromatic N) is 1. The lowest BCUT2D eigenvalue weighted by molar-refractivity contribution is -0.152. The molecule has 0 saturated heterocycles. The first-order valence-electron chi connectivity index (χ1n) is 8.42. The Hall–Kier alpha value is -3.22. The number of carbonyl (C=O) groups excluding carboxylic acids is 4. The molecule has 0 fully saturated rings. The fourth-order valence-electron chi connectivity index (χ4n) is 2.58. The number of Topliss-reactive ketones (excluding diaryl/α,β-unsaturated/α-hetero) is 1. The van der Waals surface area contributed by atoms with Crippen LogP contribution in [-0.4, -0.2) is 48.7 Å². The van der Waals surface area contributed by atoms with Crippen molar-refractivity contribution in [3.63, 3.8) is 0 Å². The first-order valence-corrected chi connectivity index (χ1v) is 8.42. The van der Waals surface area contributed by atoms with Gasteiger partial charge >= 0.3 is 5.97 Å². The van der Waals surface area contributed by atoms with Gasteiger partial charge < -0.3 is 15.4 Å². The predicted octanol–water partition coefficient (Wildman–Crippen LogP) is 1.63. The Balaban J connectivity index is 2.05. The van der Waals surface area contributed by atoms with Gasteiger partial charge in [-0.2, -0.15) is 0 Å². The van der Waals surface area contributed by atoms with E-state index in [1.807, 2.05) is 18.2 Å². The van der Waals surface area contributed by atoms with E-state index in [-0.39, 0.29) is 12.3 Å². The number of ketones is 1. The SMILES string of the molecule is CC(=O)c1ccc2cc(C(C)C(=O)OCC(=O)N(C)CC(N)=O)ccc2c1. The molecule has 142 valence electrons. The number of fused-ring (bicyclic) bond motifs is 1. The topological polar surface area (TPSA) is 107 Å². The Morgan fingerprint density at radius 3 is 2.33 bits per heavy atom. The summed E-state index contributed by atoms with van der Waals surface area (Å²) in [5.74, 6) is -2.28. The third kappa shape index (κ3) is 5.13. The summed E-state index contributed by atoms with van der Waals surface area (Å²) in [7, 11) is 1.41. The van der Waals surface area contributed by atoms with E-state index >= 15 is 0 Å². The maximum atomic E-state index is 12.2. The minimum Gasteiger partial charge on any atom is -0.455 e. The van der Waals surface area contributed by atoms with Crippen molar-refractivity contribution < 1.29 is 23.9 Å². The second-order valence-electron chi connectivity index (χ2n) is 6.42. The summed E-state index contributed by atoms with van der Waals surface area (Å²) in [6, 6.07) is 10.9. The van der Waals surface area contributed by atoms with Crippen LogP contribution >= 0.6 is 0 Å². The lowest BCUT2D eigenvalue weighted by atomic mass is 9.96. The van der Waals surface area contributed by atoms with E-state index in [2.05, 4.69) is 0 Å². The Bertz CT molecular complexity index is 906. The summed E-state index contributed by atoms with van der Waals surface area (Å²) in [6.07, 6.45) is 0. The Morgan fingerprint density at radius 1 is 1.07 bits per heavy atom. The van der Waals surface area contributed by atoms with Crippen LogP contribution in [0, 0.1) is 0 Å². The molecule has 0 heterocycles. The molecular formula is C20H22N2O5. The normalized spacial score (nSPS) is 11.7. The van der Waals surface area contributed by atoms with Crippen LogP contribution < -0.4 is 5.73 Å². The number of likely N-dealkylation sites (N-methyl/N-ethyl adjacent to an activating group) is 1. The summed E-state index contributed by atoms with van der Waals surface area (Å²) in [5.41, 5.74) is 6.39. The smallest absolute Gasteiger partial charge is 0.313 e. The number of rotatable bonds is 7. The number of hydrogen-bond acceptors (Lipinski definition) is 5. The van der Waals surface area contributed by atoms with Crippen molar-refractivity contribution in [1.82, 2.24) is 4.90 Å². The van der Waals surface area contributed by atoms with Gasteiger partial charge in [0.15, 0.2) is 12.4 Å². The molecule has 0 spiro atoms. The maximum Gasteiger partial charge on any atom is 0.313 e. The van der Waals surface area contributed by atoms with Crippen molar-refractivity contribution in [3.05, 3.63) is 47.5 Å². The van der Waals surface area contributed by atoms with Gasteiger partial charge in [0.2, 0.25) is 5.91 Å². The fourth-order valence-corrected chi connectivity index (χ4v) is 2.58. The minimum atomic E-state index is -0.644. The molecule has 27 heavy (non-hydrogen) atoms. The van der Waals surface area contributed by atoms with Crippen LogP contribution in [0.3, 0.4) is 0 Å². The second-order valence-corrected chi connectivity index (χ2v) is 6.42. The van der Waals surface area contributed by atoms with Crippen LogP contribution in [0.5, 0.6) is 0 Å². The molecule has 0 radical (unpaired) electrons. The molecule has 0 aromatic heterocycles. The molecule has 0 aliphatic heterocycles. The number of amides is 2. The first kappa shape index (κ1) is 20.1. The van der Waals surface area contributed by atoms with Crippen molar-refractivity contribution in [2.45, 2.75) is 19.8 Å². The molecule has 2 N–H and O–H groups in total. The number of ether oxygens (including phenoxy) is 1. The zero-order chi connectivity index (χ0) is 20.1. The monoisotopic (exact) mass is 370 g/mol. The van der Waals surface area contributed by atoms with E-state index in [0.29, 0.717) is 5.56 Å². The molecule has 2 aromatic carbocycles. The molecule has 0 aliphatic carbocycles. The van der Waals surface area contributed by atoms with Crippen LogP contribution in [0.15, 0.2) is 36.4 Å². The number of nitrogens with two attached hydrogens (primary N) is 1. The highest BCUT2D eigenvalue weighted by molar-refractivity contribution is 5.98. The zero-order valence-corrected chi connectivity index (χ0v) is 15.5. The van der Waals surface area contributed by atoms with Gasteiger partial charge in [0.1, 0.15) is 0 Å². The third-order valence-electron chi connectivity index (χ3n) is 4.28. The van der Waals surface area contributed by atoms with E-state index in [9.17, 15) is 19.2 Å². The number of carbonyl (C=O) groups is 4. The zero-order valence-electron chi connectivity index (χ0n) is 15.5. The number of benzene rings is 2. The van der Waals surface area contributed by atoms with Gasteiger partial charge in [0.25, 0.3) is 5.91 Å². The Morgan fingerprint density at radius 2 is 1.70 bits per heavy atom. The molecule has 0 saturated carbocycles. The van der Waals surface area contributed by atoms with Gasteiger partial charge in [-0.3, -0.25) is 19.2 Å². The molecule has 0 bridgehead atoms. The van der Waals surface area contributed by atoms with Crippen molar-refractivity contribution in [2.24, 2.45) is 5.73 Å². The molecule has 7 heteroatoms. The van der Waals surface area contributed by atoms with Crippen LogP contribution in [0.2, 0.25) is 0 Å². The van der Waals surface area contributed by atoms with E-state index < -0.39 is 30.3 Å². The highest BCUT2D eigenvalue weighted by Crippen LogP contribution is 2.24. The molecule has 1 unspecified atom stereocenters. The second kappa shape index (κ2) is 8.44. The maximum absolute atomic E-state index is 12.2. The van der Waals surface area contributed by atoms with Gasteiger partial charge in [0.05, 0.1) is 12.5 Å². The summed E-state index contributed by atoms with van der Waals surface area (Å²) in [6.45, 7) is 2.50. The van der Waals surface area contributed by atoms with Crippen molar-refractivity contribution in [1.29, 1.82) is 0 Å². The highest BCUT2D eigenvalue weighted by Gasteiger charge is 2.20. The van der Waals surface area contributed by atoms with Crippen molar-refractivity contribution >= 4 is 34.3 Å². The largest absolute Gasteiger partial charge is 0.455 e. The van der Waals surface area contributed by atoms with E-state index in [0.717, 1.165) is 21.2 Å². The summed E-state index contributed by atoms with van der Waals surface area (Å²) >= 11 is 0. The Kier molecular flexibility index (Phi) is 6.28. The van der Waals surface area contributed by atoms with E-state index in [1.165, 1.54) is 14.0 Å². The lowest BCUT2D eigenvalue weighted by Gasteiger charge is -2.16. The highest BCUT2D eigenvalue weighted by atomic mass is 16.5. The van der Waals surface area contributed by atoms with Gasteiger partial charge in [-0.1, -0.05) is 30.3 Å². The standard InChI is InChI=1S/C20H22N2O5/c1-12(20(26)27-11-19(25)22(3)10-18(21)24)14-4-6-17-9-15(13(2)23)5-7-16(17)8-14/h4-9,12H,10-11H2,1-3H3,(H2,21,24). The molecule has 7 nitrogen and oxygen atoms in total. The number of esters is 1. The minimum absolute atomic E-state index is 0.0103. The molecule has 2 amide bonds. The van der Waals surface area contributed by atoms with Crippen molar-refractivity contribution in [3.8, 4) is 0 Å². The molecule has 0 aliphatic rings. The fraction of sp³-hybridized carbons (Fsp3) is 0.300. The molecular weight excluding hydrogens is 348 g/mol. The molecule has 2 aromatic rings. The van der Waals surface area contributed by atoms with Gasteiger partial charge in [-0.05, 0) is 36.2 Å². The van der Waals surface area contributed by atoms with E-state index in [4.69, 9.17) is 10.5 Å². The Labute approximate surface area is 157 Å². The quantitative estimate of drug-likeness (QED) is 0.589.